The minimum atomic E-state index is 0.641. The van der Waals surface area contributed by atoms with Gasteiger partial charge in [-0.1, -0.05) is 12.1 Å². The van der Waals surface area contributed by atoms with E-state index in [0.29, 0.717) is 18.7 Å². The third-order valence-electron chi connectivity index (χ3n) is 6.31. The van der Waals surface area contributed by atoms with Crippen LogP contribution in [-0.4, -0.2) is 55.8 Å². The van der Waals surface area contributed by atoms with E-state index in [9.17, 15) is 5.21 Å². The van der Waals surface area contributed by atoms with Crippen LogP contribution in [0.2, 0.25) is 0 Å². The van der Waals surface area contributed by atoms with E-state index in [0.717, 1.165) is 53.7 Å². The van der Waals surface area contributed by atoms with Crippen LogP contribution in [0.5, 0.6) is 0 Å². The molecule has 2 aliphatic rings. The molecule has 4 heterocycles. The second-order valence-corrected chi connectivity index (χ2v) is 8.21. The van der Waals surface area contributed by atoms with E-state index in [-0.39, 0.29) is 0 Å². The van der Waals surface area contributed by atoms with Gasteiger partial charge in [-0.2, -0.15) is 10.3 Å². The summed E-state index contributed by atoms with van der Waals surface area (Å²) in [5.41, 5.74) is 7.23. The lowest BCUT2D eigenvalue weighted by Gasteiger charge is -2.33. The third kappa shape index (κ3) is 3.07. The molecule has 0 atom stereocenters. The zero-order valence-electron chi connectivity index (χ0n) is 17.4. The molecule has 0 amide bonds. The Morgan fingerprint density at radius 3 is 2.53 bits per heavy atom. The molecule has 1 saturated heterocycles. The van der Waals surface area contributed by atoms with Crippen molar-refractivity contribution in [2.75, 3.05) is 31.1 Å². The predicted molar refractivity (Wildman–Crippen MR) is 120 cm³/mol. The molecule has 158 valence electrons. The molecule has 8 heteroatoms. The van der Waals surface area contributed by atoms with Crippen molar-refractivity contribution >= 4 is 5.69 Å². The normalized spacial score (nSPS) is 15.4. The van der Waals surface area contributed by atoms with Gasteiger partial charge in [0.1, 0.15) is 6.33 Å². The molecule has 0 bridgehead atoms. The van der Waals surface area contributed by atoms with Crippen LogP contribution in [0.15, 0.2) is 61.1 Å². The van der Waals surface area contributed by atoms with E-state index in [1.165, 1.54) is 10.6 Å². The van der Waals surface area contributed by atoms with Crippen LogP contribution < -0.4 is 4.90 Å². The lowest BCUT2D eigenvalue weighted by Crippen LogP contribution is -2.44. The van der Waals surface area contributed by atoms with Crippen LogP contribution in [0.4, 0.5) is 5.69 Å². The number of hydroxylamine groups is 2. The highest BCUT2D eigenvalue weighted by Gasteiger charge is 2.23. The number of benzene rings is 2. The van der Waals surface area contributed by atoms with Gasteiger partial charge in [-0.15, -0.1) is 10.2 Å². The van der Waals surface area contributed by atoms with Gasteiger partial charge in [0.05, 0.1) is 23.0 Å². The molecule has 32 heavy (non-hydrogen) atoms. The first-order valence-corrected chi connectivity index (χ1v) is 10.6. The maximum atomic E-state index is 9.69. The smallest absolute Gasteiger partial charge is 0.185 e. The minimum Gasteiger partial charge on any atom is -0.369 e. The summed E-state index contributed by atoms with van der Waals surface area (Å²) in [6.07, 6.45) is 3.91. The van der Waals surface area contributed by atoms with Crippen molar-refractivity contribution in [3.05, 3.63) is 72.2 Å². The molecule has 0 spiro atoms. The molecular weight excluding hydrogens is 402 g/mol. The summed E-state index contributed by atoms with van der Waals surface area (Å²) >= 11 is 0. The van der Waals surface area contributed by atoms with E-state index in [1.807, 2.05) is 28.8 Å². The van der Waals surface area contributed by atoms with Crippen LogP contribution >= 0.6 is 0 Å². The van der Waals surface area contributed by atoms with Crippen LogP contribution in [0, 0.1) is 11.3 Å². The number of hydrogen-bond acceptors (Lipinski definition) is 6. The first-order chi connectivity index (χ1) is 15.7. The summed E-state index contributed by atoms with van der Waals surface area (Å²) in [6.45, 7) is 3.60. The molecule has 0 unspecified atom stereocenters. The second kappa shape index (κ2) is 7.34. The fraction of sp³-hybridized carbons (Fsp3) is 0.208. The van der Waals surface area contributed by atoms with Crippen molar-refractivity contribution in [3.8, 4) is 34.4 Å². The van der Waals surface area contributed by atoms with Gasteiger partial charge in [-0.05, 0) is 47.5 Å². The Labute approximate surface area is 185 Å². The van der Waals surface area contributed by atoms with Gasteiger partial charge in [0.15, 0.2) is 5.82 Å². The first-order valence-electron chi connectivity index (χ1n) is 10.6. The van der Waals surface area contributed by atoms with Crippen molar-refractivity contribution < 1.29 is 5.21 Å². The SMILES string of the molecule is N#Cc1ccc(-c2cc3n(c2)Cc2cc(N4CCN(O)CC4)ccc2-n2cnnc2-3)cc1. The maximum Gasteiger partial charge on any atom is 0.185 e. The molecule has 0 aliphatic carbocycles. The molecule has 0 radical (unpaired) electrons. The van der Waals surface area contributed by atoms with E-state index >= 15 is 0 Å². The Bertz CT molecular complexity index is 1340. The van der Waals surface area contributed by atoms with E-state index < -0.39 is 0 Å². The molecular formula is C24H21N7O. The van der Waals surface area contributed by atoms with Gasteiger partial charge in [0.25, 0.3) is 0 Å². The highest BCUT2D eigenvalue weighted by atomic mass is 16.5. The average Bonchev–Trinajstić information content (AvgIpc) is 3.45. The van der Waals surface area contributed by atoms with E-state index in [1.54, 1.807) is 6.33 Å². The molecule has 1 N–H and O–H groups in total. The Morgan fingerprint density at radius 2 is 1.75 bits per heavy atom. The zero-order chi connectivity index (χ0) is 21.7. The average molecular weight is 423 g/mol. The molecule has 6 rings (SSSR count). The summed E-state index contributed by atoms with van der Waals surface area (Å²) in [7, 11) is 0. The van der Waals surface area contributed by atoms with Gasteiger partial charge >= 0.3 is 0 Å². The predicted octanol–water partition coefficient (Wildman–Crippen LogP) is 3.15. The summed E-state index contributed by atoms with van der Waals surface area (Å²) in [4.78, 5) is 2.31. The Morgan fingerprint density at radius 1 is 0.938 bits per heavy atom. The minimum absolute atomic E-state index is 0.641. The lowest BCUT2D eigenvalue weighted by molar-refractivity contribution is -0.0935. The molecule has 4 aromatic rings. The number of anilines is 1. The number of nitriles is 1. The van der Waals surface area contributed by atoms with Gasteiger partial charge in [0, 0.05) is 50.2 Å². The fourth-order valence-electron chi connectivity index (χ4n) is 4.58. The highest BCUT2D eigenvalue weighted by Crippen LogP contribution is 2.35. The van der Waals surface area contributed by atoms with Crippen molar-refractivity contribution in [2.45, 2.75) is 6.54 Å². The second-order valence-electron chi connectivity index (χ2n) is 8.21. The fourth-order valence-corrected chi connectivity index (χ4v) is 4.58. The number of hydrogen-bond donors (Lipinski definition) is 1. The van der Waals surface area contributed by atoms with Crippen LogP contribution in [0.25, 0.3) is 28.3 Å². The Hall–Kier alpha value is -3.93. The van der Waals surface area contributed by atoms with Gasteiger partial charge < -0.3 is 14.7 Å². The quantitative estimate of drug-likeness (QED) is 0.469. The standard InChI is InChI=1S/C24H21N7O/c25-13-17-1-3-18(4-2-17)19-12-23-24-27-26-16-31(24)22-6-5-21(11-20(22)15-29(23)14-19)28-7-9-30(32)10-8-28/h1-6,11-12,14,16,32H,7-10,15H2. The zero-order valence-corrected chi connectivity index (χ0v) is 17.4. The first kappa shape index (κ1) is 18.8. The summed E-state index contributed by atoms with van der Waals surface area (Å²) in [5.74, 6) is 0.810. The van der Waals surface area contributed by atoms with Crippen LogP contribution in [0.3, 0.4) is 0 Å². The lowest BCUT2D eigenvalue weighted by atomic mass is 10.1. The van der Waals surface area contributed by atoms with Crippen molar-refractivity contribution in [3.63, 3.8) is 0 Å². The summed E-state index contributed by atoms with van der Waals surface area (Å²) in [5, 5.41) is 28.8. The molecule has 2 aromatic carbocycles. The Balaban J connectivity index is 1.41. The largest absolute Gasteiger partial charge is 0.369 e. The molecule has 2 aliphatic heterocycles. The summed E-state index contributed by atoms with van der Waals surface area (Å²) in [6, 6.07) is 18.5. The number of rotatable bonds is 2. The van der Waals surface area contributed by atoms with Crippen LogP contribution in [-0.2, 0) is 6.54 Å². The van der Waals surface area contributed by atoms with E-state index in [2.05, 4.69) is 56.2 Å². The van der Waals surface area contributed by atoms with Crippen molar-refractivity contribution in [1.29, 1.82) is 5.26 Å². The van der Waals surface area contributed by atoms with Crippen molar-refractivity contribution in [2.24, 2.45) is 0 Å². The van der Waals surface area contributed by atoms with E-state index in [4.69, 9.17) is 5.26 Å². The monoisotopic (exact) mass is 423 g/mol. The van der Waals surface area contributed by atoms with Gasteiger partial charge in [-0.25, -0.2) is 0 Å². The molecule has 1 fully saturated rings. The van der Waals surface area contributed by atoms with Crippen molar-refractivity contribution in [1.82, 2.24) is 24.4 Å². The number of fused-ring (bicyclic) bond motifs is 5. The number of piperazine rings is 1. The molecule has 2 aromatic heterocycles. The van der Waals surface area contributed by atoms with Gasteiger partial charge in [-0.3, -0.25) is 4.57 Å². The molecule has 0 saturated carbocycles. The molecule has 8 nitrogen and oxygen atoms in total. The maximum absolute atomic E-state index is 9.69. The highest BCUT2D eigenvalue weighted by molar-refractivity contribution is 5.72. The number of nitrogens with zero attached hydrogens (tertiary/aromatic N) is 7. The Kier molecular flexibility index (Phi) is 4.31. The summed E-state index contributed by atoms with van der Waals surface area (Å²) < 4.78 is 4.27. The van der Waals surface area contributed by atoms with Crippen LogP contribution in [0.1, 0.15) is 11.1 Å². The third-order valence-corrected chi connectivity index (χ3v) is 6.31. The topological polar surface area (TPSA) is 86.1 Å². The van der Waals surface area contributed by atoms with Gasteiger partial charge in [0.2, 0.25) is 0 Å². The number of aromatic nitrogens is 4.